The van der Waals surface area contributed by atoms with E-state index >= 15 is 0 Å². The third-order valence-corrected chi connectivity index (χ3v) is 8.98. The zero-order valence-electron chi connectivity index (χ0n) is 25.3. The van der Waals surface area contributed by atoms with Gasteiger partial charge in [-0.15, -0.1) is 0 Å². The number of allylic oxidation sites excluding steroid dienone is 8. The van der Waals surface area contributed by atoms with Crippen LogP contribution < -0.4 is 9.71 Å². The minimum absolute atomic E-state index is 0.111. The summed E-state index contributed by atoms with van der Waals surface area (Å²) in [5, 5.41) is 5.48. The molecule has 0 aromatic heterocycles. The monoisotopic (exact) mass is 592 g/mol. The summed E-state index contributed by atoms with van der Waals surface area (Å²) in [5.41, 5.74) is 9.01. The van der Waals surface area contributed by atoms with E-state index in [1.165, 1.54) is 5.56 Å². The molecular weight excluding hydrogens is 554 g/mol. The average molecular weight is 593 g/mol. The van der Waals surface area contributed by atoms with E-state index in [4.69, 9.17) is 5.14 Å². The lowest BCUT2D eigenvalue weighted by Gasteiger charge is -2.30. The average Bonchev–Trinajstić information content (AvgIpc) is 3.17. The van der Waals surface area contributed by atoms with E-state index in [0.717, 1.165) is 51.7 Å². The number of carbonyl (C=O) groups is 1. The number of carbonyl (C=O) groups excluding carboxylic acids is 1. The molecule has 5 rings (SSSR count). The van der Waals surface area contributed by atoms with Crippen molar-refractivity contribution in [1.82, 2.24) is 9.48 Å². The Morgan fingerprint density at radius 2 is 1.56 bits per heavy atom. The second-order valence-corrected chi connectivity index (χ2v) is 13.3. The van der Waals surface area contributed by atoms with Crippen molar-refractivity contribution in [3.63, 3.8) is 0 Å². The van der Waals surface area contributed by atoms with Crippen molar-refractivity contribution in [2.45, 2.75) is 57.9 Å². The fourth-order valence-corrected chi connectivity index (χ4v) is 6.40. The van der Waals surface area contributed by atoms with Gasteiger partial charge in [0.15, 0.2) is 5.71 Å². The largest absolute Gasteiger partial charge is 0.345 e. The molecule has 0 fully saturated rings. The van der Waals surface area contributed by atoms with Crippen LogP contribution in [-0.4, -0.2) is 24.8 Å². The van der Waals surface area contributed by atoms with Gasteiger partial charge in [-0.25, -0.2) is 13.6 Å². The fraction of sp³-hybridized carbons (Fsp3) is 0.222. The lowest BCUT2D eigenvalue weighted by Crippen LogP contribution is -2.27. The van der Waals surface area contributed by atoms with Gasteiger partial charge in [0.2, 0.25) is 21.4 Å². The molecule has 3 aromatic rings. The molecule has 0 amide bonds. The minimum atomic E-state index is -3.83. The van der Waals surface area contributed by atoms with Crippen LogP contribution in [0.25, 0.3) is 0 Å². The number of nitrogens with two attached hydrogens (primary N) is 1. The fourth-order valence-electron chi connectivity index (χ4n) is 5.86. The summed E-state index contributed by atoms with van der Waals surface area (Å²) in [6.45, 7) is 10.8. The Morgan fingerprint density at radius 3 is 2.16 bits per heavy atom. The van der Waals surface area contributed by atoms with Gasteiger partial charge in [0.1, 0.15) is 5.78 Å². The van der Waals surface area contributed by atoms with Crippen LogP contribution in [0.3, 0.4) is 0 Å². The molecule has 0 saturated carbocycles. The SMILES string of the molecule is CC(=O)Cc1ccc(CN2C(C)=CC(=C/C=C/C3=[N+](c4ccccc4)c4ccc(S(N)(=O)=O)cc4C3(C)C)C=C2C)cc1. The van der Waals surface area contributed by atoms with E-state index in [1.54, 1.807) is 19.1 Å². The van der Waals surface area contributed by atoms with Crippen molar-refractivity contribution < 1.29 is 13.2 Å². The summed E-state index contributed by atoms with van der Waals surface area (Å²) >= 11 is 0. The molecular formula is C36H38N3O3S+. The highest BCUT2D eigenvalue weighted by molar-refractivity contribution is 7.89. The topological polar surface area (TPSA) is 83.5 Å². The van der Waals surface area contributed by atoms with Crippen molar-refractivity contribution in [2.75, 3.05) is 0 Å². The van der Waals surface area contributed by atoms with Gasteiger partial charge in [-0.3, -0.25) is 4.79 Å². The number of nitrogens with zero attached hydrogens (tertiary/aromatic N) is 2. The van der Waals surface area contributed by atoms with Crippen molar-refractivity contribution in [1.29, 1.82) is 0 Å². The second kappa shape index (κ2) is 11.7. The Morgan fingerprint density at radius 1 is 0.930 bits per heavy atom. The lowest BCUT2D eigenvalue weighted by molar-refractivity contribution is -0.116. The zero-order valence-corrected chi connectivity index (χ0v) is 26.2. The summed E-state index contributed by atoms with van der Waals surface area (Å²) in [6, 6.07) is 23.4. The molecule has 2 heterocycles. The number of hydrogen-bond acceptors (Lipinski definition) is 4. The lowest BCUT2D eigenvalue weighted by atomic mass is 9.81. The molecule has 0 unspecified atom stereocenters. The molecule has 2 N–H and O–H groups in total. The number of benzene rings is 3. The van der Waals surface area contributed by atoms with E-state index in [0.29, 0.717) is 6.42 Å². The number of Topliss-reactive ketones (excluding diaryl/α,β-unsaturated/α-hetero) is 1. The molecule has 7 heteroatoms. The molecule has 2 aliphatic heterocycles. The molecule has 3 aromatic carbocycles. The van der Waals surface area contributed by atoms with Gasteiger partial charge in [-0.2, -0.15) is 4.58 Å². The number of rotatable bonds is 8. The van der Waals surface area contributed by atoms with Gasteiger partial charge in [-0.05, 0) is 75.6 Å². The zero-order chi connectivity index (χ0) is 30.9. The van der Waals surface area contributed by atoms with Gasteiger partial charge in [0, 0.05) is 54.2 Å². The normalized spacial score (nSPS) is 16.3. The second-order valence-electron chi connectivity index (χ2n) is 11.8. The van der Waals surface area contributed by atoms with Crippen LogP contribution in [0.15, 0.2) is 125 Å². The van der Waals surface area contributed by atoms with Crippen molar-refractivity contribution >= 4 is 32.9 Å². The van der Waals surface area contributed by atoms with Crippen LogP contribution >= 0.6 is 0 Å². The van der Waals surface area contributed by atoms with Crippen LogP contribution in [0.5, 0.6) is 0 Å². The number of para-hydroxylation sites is 1. The summed E-state index contributed by atoms with van der Waals surface area (Å²) < 4.78 is 26.5. The van der Waals surface area contributed by atoms with Crippen LogP contribution in [-0.2, 0) is 33.2 Å². The van der Waals surface area contributed by atoms with Gasteiger partial charge in [0.25, 0.3) is 0 Å². The molecule has 6 nitrogen and oxygen atoms in total. The number of ketones is 1. The summed E-state index contributed by atoms with van der Waals surface area (Å²) in [7, 11) is -3.83. The molecule has 2 aliphatic rings. The Labute approximate surface area is 254 Å². The maximum absolute atomic E-state index is 12.2. The van der Waals surface area contributed by atoms with Crippen molar-refractivity contribution in [3.8, 4) is 0 Å². The maximum Gasteiger partial charge on any atom is 0.238 e. The van der Waals surface area contributed by atoms with Gasteiger partial charge in [0.05, 0.1) is 10.3 Å². The van der Waals surface area contributed by atoms with E-state index in [1.807, 2.05) is 36.4 Å². The summed E-state index contributed by atoms with van der Waals surface area (Å²) in [5.74, 6) is 0.165. The van der Waals surface area contributed by atoms with Crippen molar-refractivity contribution in [3.05, 3.63) is 137 Å². The first-order valence-electron chi connectivity index (χ1n) is 14.3. The van der Waals surface area contributed by atoms with Crippen LogP contribution in [0, 0.1) is 0 Å². The summed E-state index contributed by atoms with van der Waals surface area (Å²) in [6.07, 6.45) is 11.1. The highest BCUT2D eigenvalue weighted by Crippen LogP contribution is 2.43. The number of hydrogen-bond donors (Lipinski definition) is 1. The van der Waals surface area contributed by atoms with Crippen LogP contribution in [0.1, 0.15) is 51.3 Å². The first-order valence-corrected chi connectivity index (χ1v) is 15.9. The Bertz CT molecular complexity index is 1820. The molecule has 0 spiro atoms. The third-order valence-electron chi connectivity index (χ3n) is 8.07. The molecule has 0 atom stereocenters. The van der Waals surface area contributed by atoms with E-state index in [9.17, 15) is 13.2 Å². The van der Waals surface area contributed by atoms with E-state index in [-0.39, 0.29) is 10.7 Å². The molecule has 0 saturated heterocycles. The Kier molecular flexibility index (Phi) is 8.23. The minimum Gasteiger partial charge on any atom is -0.345 e. The molecule has 0 radical (unpaired) electrons. The van der Waals surface area contributed by atoms with Crippen LogP contribution in [0.4, 0.5) is 11.4 Å². The molecule has 0 bridgehead atoms. The third kappa shape index (κ3) is 6.38. The Hall–Kier alpha value is -4.33. The van der Waals surface area contributed by atoms with Crippen LogP contribution in [0.2, 0.25) is 0 Å². The predicted molar refractivity (Wildman–Crippen MR) is 175 cm³/mol. The molecule has 0 aliphatic carbocycles. The van der Waals surface area contributed by atoms with E-state index < -0.39 is 15.4 Å². The first kappa shape index (κ1) is 30.1. The van der Waals surface area contributed by atoms with E-state index in [2.05, 4.69) is 91.8 Å². The predicted octanol–water partition coefficient (Wildman–Crippen LogP) is 6.84. The van der Waals surface area contributed by atoms with Gasteiger partial charge in [-0.1, -0.05) is 54.6 Å². The van der Waals surface area contributed by atoms with Gasteiger partial charge < -0.3 is 4.90 Å². The standard InChI is InChI=1S/C36H38N3O3S/c1-25-20-30(21-26(2)38(25)24-29-16-14-28(15-17-29)22-27(3)40)10-9-13-35-36(4,5)33-23-32(43(37,41)42)18-19-34(33)39(35)31-11-7-6-8-12-31/h6-21,23H,22,24H2,1-5H3,(H2,37,41,42)/q+1. The first-order chi connectivity index (χ1) is 20.3. The maximum atomic E-state index is 12.2. The molecule has 43 heavy (non-hydrogen) atoms. The number of fused-ring (bicyclic) bond motifs is 1. The number of sulfonamides is 1. The highest BCUT2D eigenvalue weighted by atomic mass is 32.2. The summed E-state index contributed by atoms with van der Waals surface area (Å²) in [4.78, 5) is 13.8. The quantitative estimate of drug-likeness (QED) is 0.291. The van der Waals surface area contributed by atoms with Gasteiger partial charge >= 0.3 is 0 Å². The smallest absolute Gasteiger partial charge is 0.238 e. The Balaban J connectivity index is 1.43. The highest BCUT2D eigenvalue weighted by Gasteiger charge is 2.45. The molecule has 220 valence electrons. The van der Waals surface area contributed by atoms with Crippen molar-refractivity contribution in [2.24, 2.45) is 5.14 Å². The number of primary sulfonamides is 1.